The van der Waals surface area contributed by atoms with Crippen LogP contribution >= 0.6 is 0 Å². The van der Waals surface area contributed by atoms with Crippen molar-refractivity contribution in [3.05, 3.63) is 41.6 Å². The van der Waals surface area contributed by atoms with Gasteiger partial charge < -0.3 is 14.3 Å². The lowest BCUT2D eigenvalue weighted by atomic mass is 9.43. The second-order valence-corrected chi connectivity index (χ2v) is 19.8. The molecule has 1 aromatic carbocycles. The van der Waals surface area contributed by atoms with Gasteiger partial charge in [0, 0.05) is 36.3 Å². The summed E-state index contributed by atoms with van der Waals surface area (Å²) in [6, 6.07) is 8.31. The SMILES string of the molecule is CC1=C(CCC(=O)Nc2ccc3c(ccn3C)c2)C2CCC3C(C)(C)[C@@H](O[Si](C(C)C)C(C)(C)C)CC[C@]3(C)C2CC1. The monoisotopic (exact) mass is 589 g/mol. The van der Waals surface area contributed by atoms with E-state index in [0.717, 1.165) is 23.4 Å². The Balaban J connectivity index is 1.27. The standard InChI is InChI=1S/C37H57N2O2Si/c1-24(2)42(35(4,5)6)41-33-19-21-37(9)30-15-11-25(3)28(29(30)13-17-32(37)36(33,7)8)14-18-34(40)38-27-12-16-31-26(23-27)20-22-39(31)10/h12,16,20,22-24,29-30,32-33H,11,13-15,17-19,21H2,1-10H3,(H,38,40)/t29?,30?,32?,33-,37+/m0/s1. The third-order valence-electron chi connectivity index (χ3n) is 11.7. The van der Waals surface area contributed by atoms with Gasteiger partial charge in [-0.05, 0) is 115 Å². The molecule has 5 heteroatoms. The highest BCUT2D eigenvalue weighted by molar-refractivity contribution is 6.56. The van der Waals surface area contributed by atoms with Crippen molar-refractivity contribution >= 4 is 31.5 Å². The Morgan fingerprint density at radius 1 is 1.12 bits per heavy atom. The van der Waals surface area contributed by atoms with Gasteiger partial charge in [0.1, 0.15) is 0 Å². The van der Waals surface area contributed by atoms with Crippen LogP contribution in [0.15, 0.2) is 41.6 Å². The smallest absolute Gasteiger partial charge is 0.224 e. The maximum absolute atomic E-state index is 13.1. The highest BCUT2D eigenvalue weighted by atomic mass is 28.3. The molecule has 3 unspecified atom stereocenters. The summed E-state index contributed by atoms with van der Waals surface area (Å²) in [6.45, 7) is 21.9. The summed E-state index contributed by atoms with van der Waals surface area (Å²) in [6.07, 6.45) is 11.4. The van der Waals surface area contributed by atoms with Gasteiger partial charge in [-0.15, -0.1) is 0 Å². The van der Waals surface area contributed by atoms with E-state index >= 15 is 0 Å². The number of nitrogens with one attached hydrogen (secondary N) is 1. The molecule has 3 aliphatic rings. The summed E-state index contributed by atoms with van der Waals surface area (Å²) in [5, 5.41) is 4.60. The molecule has 5 rings (SSSR count). The lowest BCUT2D eigenvalue weighted by Gasteiger charge is -2.63. The Morgan fingerprint density at radius 2 is 1.86 bits per heavy atom. The number of hydrogen-bond acceptors (Lipinski definition) is 2. The van der Waals surface area contributed by atoms with Gasteiger partial charge in [-0.3, -0.25) is 4.79 Å². The third kappa shape index (κ3) is 5.81. The van der Waals surface area contributed by atoms with Crippen molar-refractivity contribution < 1.29 is 9.22 Å². The molecule has 2 fully saturated rings. The number of fused-ring (bicyclic) bond motifs is 4. The van der Waals surface area contributed by atoms with Gasteiger partial charge in [0.25, 0.3) is 0 Å². The molecule has 0 saturated heterocycles. The highest BCUT2D eigenvalue weighted by Crippen LogP contribution is 2.65. The fraction of sp³-hybridized carbons (Fsp3) is 0.703. The average Bonchev–Trinajstić information content (AvgIpc) is 3.26. The number of anilines is 1. The zero-order valence-electron chi connectivity index (χ0n) is 28.2. The maximum Gasteiger partial charge on any atom is 0.224 e. The fourth-order valence-electron chi connectivity index (χ4n) is 9.78. The average molecular weight is 590 g/mol. The van der Waals surface area contributed by atoms with Crippen LogP contribution in [0.3, 0.4) is 0 Å². The molecule has 1 radical (unpaired) electrons. The molecule has 1 heterocycles. The Labute approximate surface area is 257 Å². The van der Waals surface area contributed by atoms with Crippen molar-refractivity contribution in [2.24, 2.45) is 35.6 Å². The number of rotatable bonds is 7. The zero-order chi connectivity index (χ0) is 30.6. The van der Waals surface area contributed by atoms with Crippen LogP contribution in [-0.4, -0.2) is 25.6 Å². The number of allylic oxidation sites excluding steroid dienone is 2. The van der Waals surface area contributed by atoms with Gasteiger partial charge in [0.15, 0.2) is 0 Å². The van der Waals surface area contributed by atoms with E-state index in [1.54, 1.807) is 11.1 Å². The second-order valence-electron chi connectivity index (χ2n) is 16.2. The highest BCUT2D eigenvalue weighted by Gasteiger charge is 2.59. The minimum Gasteiger partial charge on any atom is -0.412 e. The molecular weight excluding hydrogens is 533 g/mol. The van der Waals surface area contributed by atoms with E-state index in [1.165, 1.54) is 44.0 Å². The largest absolute Gasteiger partial charge is 0.412 e. The molecule has 0 bridgehead atoms. The molecule has 231 valence electrons. The van der Waals surface area contributed by atoms with Gasteiger partial charge in [-0.2, -0.15) is 0 Å². The van der Waals surface area contributed by atoms with Crippen molar-refractivity contribution in [1.29, 1.82) is 0 Å². The lowest BCUT2D eigenvalue weighted by Crippen LogP contribution is -2.58. The van der Waals surface area contributed by atoms with Crippen LogP contribution in [0.4, 0.5) is 5.69 Å². The van der Waals surface area contributed by atoms with E-state index in [1.807, 2.05) is 6.07 Å². The first-order valence-corrected chi connectivity index (χ1v) is 18.2. The first-order chi connectivity index (χ1) is 19.6. The van der Waals surface area contributed by atoms with E-state index in [-0.39, 0.29) is 16.4 Å². The summed E-state index contributed by atoms with van der Waals surface area (Å²) in [7, 11) is 1.12. The van der Waals surface area contributed by atoms with E-state index in [4.69, 9.17) is 4.43 Å². The van der Waals surface area contributed by atoms with Crippen LogP contribution in [0.1, 0.15) is 114 Å². The molecule has 2 aromatic rings. The molecule has 2 saturated carbocycles. The molecule has 0 spiro atoms. The van der Waals surface area contributed by atoms with Crippen molar-refractivity contribution in [2.75, 3.05) is 5.32 Å². The van der Waals surface area contributed by atoms with Crippen LogP contribution in [-0.2, 0) is 16.3 Å². The first kappa shape index (κ1) is 31.6. The number of aryl methyl sites for hydroxylation is 1. The van der Waals surface area contributed by atoms with Crippen molar-refractivity contribution in [1.82, 2.24) is 4.57 Å². The summed E-state index contributed by atoms with van der Waals surface area (Å²) in [4.78, 5) is 13.1. The molecule has 5 atom stereocenters. The Hall–Kier alpha value is -1.85. The topological polar surface area (TPSA) is 43.3 Å². The number of aromatic nitrogens is 1. The van der Waals surface area contributed by atoms with Crippen molar-refractivity contribution in [3.63, 3.8) is 0 Å². The predicted octanol–water partition coefficient (Wildman–Crippen LogP) is 10.1. The zero-order valence-corrected chi connectivity index (χ0v) is 29.2. The molecule has 42 heavy (non-hydrogen) atoms. The Bertz CT molecular complexity index is 1330. The normalized spacial score (nSPS) is 29.6. The van der Waals surface area contributed by atoms with Gasteiger partial charge in [0.05, 0.1) is 6.10 Å². The lowest BCUT2D eigenvalue weighted by molar-refractivity contribution is -0.144. The van der Waals surface area contributed by atoms with E-state index in [9.17, 15) is 4.79 Å². The number of nitrogens with zero attached hydrogens (tertiary/aromatic N) is 1. The minimum atomic E-state index is -0.936. The molecule has 0 aliphatic heterocycles. The van der Waals surface area contributed by atoms with Crippen molar-refractivity contribution in [2.45, 2.75) is 130 Å². The van der Waals surface area contributed by atoms with E-state index in [2.05, 4.69) is 104 Å². The quantitative estimate of drug-likeness (QED) is 0.258. The first-order valence-electron chi connectivity index (χ1n) is 16.7. The number of carbonyl (C=O) groups is 1. The molecule has 3 aliphatic carbocycles. The van der Waals surface area contributed by atoms with E-state index < -0.39 is 9.04 Å². The number of carbonyl (C=O) groups excluding carboxylic acids is 1. The summed E-state index contributed by atoms with van der Waals surface area (Å²) in [5.74, 6) is 2.17. The fourth-order valence-corrected chi connectivity index (χ4v) is 12.9. The van der Waals surface area contributed by atoms with Gasteiger partial charge >= 0.3 is 0 Å². The van der Waals surface area contributed by atoms with Gasteiger partial charge in [-0.25, -0.2) is 0 Å². The second kappa shape index (κ2) is 11.6. The van der Waals surface area contributed by atoms with Crippen LogP contribution in [0.2, 0.25) is 10.6 Å². The summed E-state index contributed by atoms with van der Waals surface area (Å²) < 4.78 is 9.30. The molecule has 1 aromatic heterocycles. The number of amides is 1. The molecule has 1 amide bonds. The predicted molar refractivity (Wildman–Crippen MR) is 179 cm³/mol. The number of benzene rings is 1. The molecule has 4 nitrogen and oxygen atoms in total. The third-order valence-corrected chi connectivity index (χ3v) is 14.8. The number of hydrogen-bond donors (Lipinski definition) is 1. The Morgan fingerprint density at radius 3 is 2.55 bits per heavy atom. The van der Waals surface area contributed by atoms with Gasteiger partial charge in [-0.1, -0.05) is 66.5 Å². The minimum absolute atomic E-state index is 0.132. The van der Waals surface area contributed by atoms with E-state index in [0.29, 0.717) is 35.3 Å². The Kier molecular flexibility index (Phi) is 8.70. The van der Waals surface area contributed by atoms with Crippen molar-refractivity contribution in [3.8, 4) is 0 Å². The summed E-state index contributed by atoms with van der Waals surface area (Å²) in [5.41, 5.74) is 6.39. The van der Waals surface area contributed by atoms with Crippen LogP contribution < -0.4 is 5.32 Å². The van der Waals surface area contributed by atoms with Crippen LogP contribution in [0, 0.1) is 28.6 Å². The molecular formula is C37H57N2O2Si. The maximum atomic E-state index is 13.1. The van der Waals surface area contributed by atoms with Crippen LogP contribution in [0.25, 0.3) is 10.9 Å². The summed E-state index contributed by atoms with van der Waals surface area (Å²) >= 11 is 0. The van der Waals surface area contributed by atoms with Gasteiger partial charge in [0.2, 0.25) is 14.9 Å². The molecule has 1 N–H and O–H groups in total. The van der Waals surface area contributed by atoms with Crippen LogP contribution in [0.5, 0.6) is 0 Å².